The Morgan fingerprint density at radius 2 is 1.92 bits per heavy atom. The quantitative estimate of drug-likeness (QED) is 0.639. The summed E-state index contributed by atoms with van der Waals surface area (Å²) in [6.07, 6.45) is 0.258. The number of hydrogen-bond donors (Lipinski definition) is 1. The fourth-order valence-corrected chi connectivity index (χ4v) is 4.28. The van der Waals surface area contributed by atoms with Crippen LogP contribution in [0.5, 0.6) is 0 Å². The molecule has 2 aliphatic rings. The van der Waals surface area contributed by atoms with E-state index in [4.69, 9.17) is 4.74 Å². The topological polar surface area (TPSA) is 75.7 Å². The molecule has 1 aromatic carbocycles. The van der Waals surface area contributed by atoms with Crippen LogP contribution in [-0.2, 0) is 19.1 Å². The third-order valence-electron chi connectivity index (χ3n) is 5.50. The zero-order valence-corrected chi connectivity index (χ0v) is 15.1. The molecule has 0 aliphatic carbocycles. The number of nitrogens with one attached hydrogen (secondary N) is 1. The number of esters is 1. The van der Waals surface area contributed by atoms with Crippen LogP contribution >= 0.6 is 0 Å². The normalized spacial score (nSPS) is 30.6. The predicted octanol–water partition coefficient (Wildman–Crippen LogP) is 1.80. The molecule has 3 rings (SSSR count). The maximum Gasteiger partial charge on any atom is 0.327 e. The Labute approximate surface area is 151 Å². The molecule has 2 fully saturated rings. The van der Waals surface area contributed by atoms with E-state index >= 15 is 0 Å². The van der Waals surface area contributed by atoms with Crippen molar-refractivity contribution in [3.8, 4) is 0 Å². The van der Waals surface area contributed by atoms with Crippen molar-refractivity contribution in [2.45, 2.75) is 38.8 Å². The summed E-state index contributed by atoms with van der Waals surface area (Å²) in [7, 11) is 0. The molecule has 1 N–H and O–H groups in total. The Morgan fingerprint density at radius 1 is 1.23 bits per heavy atom. The Balaban J connectivity index is 2.15. The molecule has 2 amide bonds. The highest BCUT2D eigenvalue weighted by Gasteiger charge is 2.68. The van der Waals surface area contributed by atoms with Crippen LogP contribution in [0.15, 0.2) is 24.3 Å². The highest BCUT2D eigenvalue weighted by Crippen LogP contribution is 2.50. The molecule has 140 valence electrons. The minimum absolute atomic E-state index is 0.156. The molecule has 1 aromatic rings. The standard InChI is InChI=1S/C19H23FN2O4/c1-4-19(18(25)26-6-3)14-13(16(23)22(5-2)17(14)24)15(21-19)11-9-7-8-10-12(11)20/h7-10,13-15,21H,4-6H2,1-3H3/t13-,14+,15-,19+/m0/s1. The first kappa shape index (κ1) is 18.5. The molecule has 0 radical (unpaired) electrons. The van der Waals surface area contributed by atoms with Gasteiger partial charge in [0.15, 0.2) is 0 Å². The lowest BCUT2D eigenvalue weighted by Gasteiger charge is -2.31. The van der Waals surface area contributed by atoms with Crippen LogP contribution in [0.4, 0.5) is 4.39 Å². The molecule has 0 bridgehead atoms. The number of ether oxygens (including phenoxy) is 1. The first-order valence-electron chi connectivity index (χ1n) is 8.97. The summed E-state index contributed by atoms with van der Waals surface area (Å²) in [6.45, 7) is 5.53. The van der Waals surface area contributed by atoms with Gasteiger partial charge >= 0.3 is 5.97 Å². The number of rotatable bonds is 5. The van der Waals surface area contributed by atoms with Gasteiger partial charge in [-0.1, -0.05) is 25.1 Å². The zero-order valence-electron chi connectivity index (χ0n) is 15.1. The Morgan fingerprint density at radius 3 is 2.50 bits per heavy atom. The second kappa shape index (κ2) is 6.79. The average molecular weight is 362 g/mol. The van der Waals surface area contributed by atoms with E-state index in [0.29, 0.717) is 0 Å². The van der Waals surface area contributed by atoms with Crippen molar-refractivity contribution in [3.05, 3.63) is 35.6 Å². The molecule has 0 aromatic heterocycles. The lowest BCUT2D eigenvalue weighted by Crippen LogP contribution is -2.56. The van der Waals surface area contributed by atoms with Gasteiger partial charge in [-0.15, -0.1) is 0 Å². The number of likely N-dealkylation sites (tertiary alicyclic amines) is 1. The Bertz CT molecular complexity index is 753. The third-order valence-corrected chi connectivity index (χ3v) is 5.50. The average Bonchev–Trinajstić information content (AvgIpc) is 3.10. The van der Waals surface area contributed by atoms with Crippen LogP contribution in [0.1, 0.15) is 38.8 Å². The zero-order chi connectivity index (χ0) is 19.1. The molecule has 0 unspecified atom stereocenters. The third kappa shape index (κ3) is 2.45. The lowest BCUT2D eigenvalue weighted by molar-refractivity contribution is -0.156. The van der Waals surface area contributed by atoms with Gasteiger partial charge in [0.1, 0.15) is 11.4 Å². The number of hydrogen-bond acceptors (Lipinski definition) is 5. The number of carbonyl (C=O) groups excluding carboxylic acids is 3. The summed E-state index contributed by atoms with van der Waals surface area (Å²) in [4.78, 5) is 39.8. The summed E-state index contributed by atoms with van der Waals surface area (Å²) in [6, 6.07) is 5.35. The number of halogens is 1. The van der Waals surface area contributed by atoms with Gasteiger partial charge in [0.05, 0.1) is 18.4 Å². The summed E-state index contributed by atoms with van der Waals surface area (Å²) in [5, 5.41) is 3.12. The monoisotopic (exact) mass is 362 g/mol. The van der Waals surface area contributed by atoms with Crippen LogP contribution < -0.4 is 5.32 Å². The summed E-state index contributed by atoms with van der Waals surface area (Å²) < 4.78 is 19.7. The second-order valence-corrected chi connectivity index (χ2v) is 6.61. The maximum atomic E-state index is 14.4. The highest BCUT2D eigenvalue weighted by molar-refractivity contribution is 6.09. The molecule has 2 aliphatic heterocycles. The maximum absolute atomic E-state index is 14.4. The van der Waals surface area contributed by atoms with Gasteiger partial charge in [0.2, 0.25) is 11.8 Å². The predicted molar refractivity (Wildman–Crippen MR) is 91.3 cm³/mol. The Hall–Kier alpha value is -2.28. The number of amides is 2. The minimum Gasteiger partial charge on any atom is -0.465 e. The van der Waals surface area contributed by atoms with E-state index in [2.05, 4.69) is 5.32 Å². The summed E-state index contributed by atoms with van der Waals surface area (Å²) in [5.41, 5.74) is -1.06. The van der Waals surface area contributed by atoms with Gasteiger partial charge in [0, 0.05) is 18.2 Å². The number of fused-ring (bicyclic) bond motifs is 1. The van der Waals surface area contributed by atoms with Crippen molar-refractivity contribution in [1.29, 1.82) is 0 Å². The van der Waals surface area contributed by atoms with Crippen LogP contribution in [0.25, 0.3) is 0 Å². The van der Waals surface area contributed by atoms with Crippen molar-refractivity contribution in [2.75, 3.05) is 13.2 Å². The van der Waals surface area contributed by atoms with Gasteiger partial charge < -0.3 is 4.74 Å². The molecule has 2 heterocycles. The fraction of sp³-hybridized carbons (Fsp3) is 0.526. The molecule has 0 saturated carbocycles. The van der Waals surface area contributed by atoms with Crippen molar-refractivity contribution in [2.24, 2.45) is 11.8 Å². The highest BCUT2D eigenvalue weighted by atomic mass is 19.1. The summed E-state index contributed by atoms with van der Waals surface area (Å²) in [5.74, 6) is -3.55. The van der Waals surface area contributed by atoms with E-state index in [1.54, 1.807) is 39.0 Å². The largest absolute Gasteiger partial charge is 0.465 e. The number of benzene rings is 1. The van der Waals surface area contributed by atoms with Crippen LogP contribution in [-0.4, -0.2) is 41.4 Å². The SMILES string of the molecule is CCOC(=O)[C@]1(CC)N[C@@H](c2ccccc2F)[C@H]2C(=O)N(CC)C(=O)[C@@H]21. The summed E-state index contributed by atoms with van der Waals surface area (Å²) >= 11 is 0. The molecule has 26 heavy (non-hydrogen) atoms. The van der Waals surface area contributed by atoms with E-state index in [1.165, 1.54) is 6.07 Å². The molecule has 7 heteroatoms. The van der Waals surface area contributed by atoms with Crippen LogP contribution in [0.3, 0.4) is 0 Å². The molecule has 0 spiro atoms. The molecular formula is C19H23FN2O4. The first-order valence-corrected chi connectivity index (χ1v) is 8.97. The van der Waals surface area contributed by atoms with Crippen LogP contribution in [0, 0.1) is 17.7 Å². The molecular weight excluding hydrogens is 339 g/mol. The van der Waals surface area contributed by atoms with E-state index < -0.39 is 41.1 Å². The molecule has 2 saturated heterocycles. The van der Waals surface area contributed by atoms with Gasteiger partial charge in [-0.25, -0.2) is 4.39 Å². The molecule has 4 atom stereocenters. The van der Waals surface area contributed by atoms with Gasteiger partial charge in [-0.2, -0.15) is 0 Å². The van der Waals surface area contributed by atoms with Crippen molar-refractivity contribution < 1.29 is 23.5 Å². The number of carbonyl (C=O) groups is 3. The minimum atomic E-state index is -1.34. The number of nitrogens with zero attached hydrogens (tertiary/aromatic N) is 1. The fourth-order valence-electron chi connectivity index (χ4n) is 4.28. The first-order chi connectivity index (χ1) is 12.4. The van der Waals surface area contributed by atoms with Gasteiger partial charge in [0.25, 0.3) is 0 Å². The number of imide groups is 1. The van der Waals surface area contributed by atoms with Gasteiger partial charge in [-0.3, -0.25) is 24.6 Å². The van der Waals surface area contributed by atoms with E-state index in [9.17, 15) is 18.8 Å². The van der Waals surface area contributed by atoms with Crippen LogP contribution in [0.2, 0.25) is 0 Å². The van der Waals surface area contributed by atoms with E-state index in [1.807, 2.05) is 0 Å². The van der Waals surface area contributed by atoms with Crippen molar-refractivity contribution in [1.82, 2.24) is 10.2 Å². The second-order valence-electron chi connectivity index (χ2n) is 6.61. The molecule has 6 nitrogen and oxygen atoms in total. The lowest BCUT2D eigenvalue weighted by atomic mass is 9.78. The van der Waals surface area contributed by atoms with Crippen molar-refractivity contribution in [3.63, 3.8) is 0 Å². The van der Waals surface area contributed by atoms with Gasteiger partial charge in [-0.05, 0) is 26.3 Å². The smallest absolute Gasteiger partial charge is 0.327 e. The van der Waals surface area contributed by atoms with Crippen molar-refractivity contribution >= 4 is 17.8 Å². The van der Waals surface area contributed by atoms with E-state index in [-0.39, 0.29) is 31.0 Å². The van der Waals surface area contributed by atoms with E-state index in [0.717, 1.165) is 4.90 Å². The Kier molecular flexibility index (Phi) is 4.84.